The molecule has 6 nitrogen and oxygen atoms in total. The summed E-state index contributed by atoms with van der Waals surface area (Å²) in [4.78, 5) is 10.4. The van der Waals surface area contributed by atoms with Gasteiger partial charge in [-0.15, -0.1) is 0 Å². The minimum atomic E-state index is -3.74. The van der Waals surface area contributed by atoms with Crippen molar-refractivity contribution < 1.29 is 18.3 Å². The Morgan fingerprint density at radius 1 is 1.47 bits per heavy atom. The van der Waals surface area contributed by atoms with Crippen LogP contribution in [0.4, 0.5) is 5.69 Å². The van der Waals surface area contributed by atoms with Crippen molar-refractivity contribution in [3.63, 3.8) is 0 Å². The van der Waals surface area contributed by atoms with Gasteiger partial charge in [0.2, 0.25) is 0 Å². The van der Waals surface area contributed by atoms with E-state index >= 15 is 0 Å². The van der Waals surface area contributed by atoms with Crippen LogP contribution >= 0.6 is 15.9 Å². The zero-order valence-electron chi connectivity index (χ0n) is 10.6. The number of carboxylic acid groups (broad SMARTS) is 1. The Hall–Kier alpha value is -1.12. The van der Waals surface area contributed by atoms with Crippen molar-refractivity contribution >= 4 is 37.8 Å². The number of rotatable bonds is 6. The van der Waals surface area contributed by atoms with Crippen LogP contribution in [0.5, 0.6) is 0 Å². The molecular weight excluding hydrogens is 336 g/mol. The van der Waals surface area contributed by atoms with Gasteiger partial charge in [0.25, 0.3) is 0 Å². The number of aliphatic carboxylic acids is 1. The smallest absolute Gasteiger partial charge is 0.304 e. The van der Waals surface area contributed by atoms with Crippen LogP contribution < -0.4 is 4.72 Å². The van der Waals surface area contributed by atoms with Gasteiger partial charge < -0.3 is 5.11 Å². The maximum atomic E-state index is 12.0. The van der Waals surface area contributed by atoms with E-state index in [0.29, 0.717) is 5.69 Å². The molecule has 0 spiro atoms. The number of hydrogen-bond acceptors (Lipinski definition) is 3. The third-order valence-corrected chi connectivity index (χ3v) is 4.45. The largest absolute Gasteiger partial charge is 0.481 e. The lowest BCUT2D eigenvalue weighted by atomic mass is 10.2. The van der Waals surface area contributed by atoms with Crippen molar-refractivity contribution in [1.82, 2.24) is 4.31 Å². The number of aryl methyl sites for hydroxylation is 1. The minimum absolute atomic E-state index is 0.0831. The lowest BCUT2D eigenvalue weighted by Crippen LogP contribution is -2.34. The van der Waals surface area contributed by atoms with Gasteiger partial charge in [-0.3, -0.25) is 9.52 Å². The molecular formula is C11H15BrN2O4S. The maximum Gasteiger partial charge on any atom is 0.304 e. The number of benzene rings is 1. The molecule has 19 heavy (non-hydrogen) atoms. The molecule has 0 aliphatic rings. The Kier molecular flexibility index (Phi) is 5.33. The topological polar surface area (TPSA) is 86.7 Å². The average Bonchev–Trinajstić information content (AvgIpc) is 2.29. The fraction of sp³-hybridized carbons (Fsp3) is 0.364. The van der Waals surface area contributed by atoms with E-state index in [2.05, 4.69) is 20.7 Å². The summed E-state index contributed by atoms with van der Waals surface area (Å²) >= 11 is 3.29. The van der Waals surface area contributed by atoms with Gasteiger partial charge in [0, 0.05) is 18.1 Å². The Morgan fingerprint density at radius 2 is 2.11 bits per heavy atom. The van der Waals surface area contributed by atoms with E-state index in [-0.39, 0.29) is 13.0 Å². The van der Waals surface area contributed by atoms with Crippen molar-refractivity contribution in [2.45, 2.75) is 13.3 Å². The average molecular weight is 351 g/mol. The van der Waals surface area contributed by atoms with Crippen molar-refractivity contribution in [2.75, 3.05) is 18.3 Å². The summed E-state index contributed by atoms with van der Waals surface area (Å²) in [7, 11) is -2.41. The molecule has 0 aliphatic carbocycles. The van der Waals surface area contributed by atoms with Crippen LogP contribution in [0.3, 0.4) is 0 Å². The van der Waals surface area contributed by atoms with Crippen molar-refractivity contribution in [2.24, 2.45) is 0 Å². The fourth-order valence-electron chi connectivity index (χ4n) is 1.33. The van der Waals surface area contributed by atoms with Crippen LogP contribution in [0.15, 0.2) is 22.7 Å². The third-order valence-electron chi connectivity index (χ3n) is 2.48. The molecule has 0 atom stereocenters. The molecule has 1 aromatic carbocycles. The first kappa shape index (κ1) is 15.9. The molecule has 0 saturated heterocycles. The summed E-state index contributed by atoms with van der Waals surface area (Å²) in [6, 6.07) is 5.15. The molecule has 1 aromatic rings. The molecule has 106 valence electrons. The number of halogens is 1. The number of anilines is 1. The number of hydrogen-bond donors (Lipinski definition) is 2. The number of carboxylic acids is 1. The predicted octanol–water partition coefficient (Wildman–Crippen LogP) is 1.82. The predicted molar refractivity (Wildman–Crippen MR) is 76.3 cm³/mol. The molecule has 0 heterocycles. The second-order valence-electron chi connectivity index (χ2n) is 4.03. The molecule has 0 radical (unpaired) electrons. The maximum absolute atomic E-state index is 12.0. The highest BCUT2D eigenvalue weighted by atomic mass is 79.9. The Morgan fingerprint density at radius 3 is 2.63 bits per heavy atom. The summed E-state index contributed by atoms with van der Waals surface area (Å²) in [5.41, 5.74) is 1.23. The number of nitrogens with zero attached hydrogens (tertiary/aromatic N) is 1. The Balaban J connectivity index is 2.81. The molecule has 0 aliphatic heterocycles. The normalized spacial score (nSPS) is 11.6. The van der Waals surface area contributed by atoms with E-state index in [1.54, 1.807) is 25.1 Å². The molecule has 0 saturated carbocycles. The SMILES string of the molecule is Cc1cc(Br)ccc1NS(=O)(=O)N(C)CCC(=O)O. The van der Waals surface area contributed by atoms with Gasteiger partial charge in [0.05, 0.1) is 12.1 Å². The first-order valence-electron chi connectivity index (χ1n) is 5.44. The first-order chi connectivity index (χ1) is 8.72. The molecule has 0 bridgehead atoms. The summed E-state index contributed by atoms with van der Waals surface area (Å²) in [6.07, 6.45) is -0.239. The zero-order valence-corrected chi connectivity index (χ0v) is 13.0. The van der Waals surface area contributed by atoms with Crippen LogP contribution in [0.25, 0.3) is 0 Å². The highest BCUT2D eigenvalue weighted by molar-refractivity contribution is 9.10. The van der Waals surface area contributed by atoms with Gasteiger partial charge in [-0.25, -0.2) is 0 Å². The van der Waals surface area contributed by atoms with Gasteiger partial charge in [-0.2, -0.15) is 12.7 Å². The lowest BCUT2D eigenvalue weighted by molar-refractivity contribution is -0.137. The molecule has 1 rings (SSSR count). The highest BCUT2D eigenvalue weighted by Gasteiger charge is 2.19. The van der Waals surface area contributed by atoms with Crippen molar-refractivity contribution in [1.29, 1.82) is 0 Å². The lowest BCUT2D eigenvalue weighted by Gasteiger charge is -2.18. The second kappa shape index (κ2) is 6.36. The van der Waals surface area contributed by atoms with Crippen LogP contribution in [-0.4, -0.2) is 37.4 Å². The van der Waals surface area contributed by atoms with E-state index in [1.165, 1.54) is 7.05 Å². The Bertz CT molecular complexity index is 574. The monoisotopic (exact) mass is 350 g/mol. The number of nitrogens with one attached hydrogen (secondary N) is 1. The van der Waals surface area contributed by atoms with Crippen LogP contribution in [0, 0.1) is 6.92 Å². The second-order valence-corrected chi connectivity index (χ2v) is 6.72. The zero-order chi connectivity index (χ0) is 14.6. The minimum Gasteiger partial charge on any atom is -0.481 e. The van der Waals surface area contributed by atoms with Gasteiger partial charge >= 0.3 is 16.2 Å². The van der Waals surface area contributed by atoms with Gasteiger partial charge in [0.15, 0.2) is 0 Å². The molecule has 0 fully saturated rings. The van der Waals surface area contributed by atoms with E-state index < -0.39 is 16.2 Å². The van der Waals surface area contributed by atoms with Gasteiger partial charge in [-0.1, -0.05) is 15.9 Å². The molecule has 2 N–H and O–H groups in total. The fourth-order valence-corrected chi connectivity index (χ4v) is 2.80. The molecule has 0 unspecified atom stereocenters. The van der Waals surface area contributed by atoms with Gasteiger partial charge in [0.1, 0.15) is 0 Å². The third kappa shape index (κ3) is 4.81. The summed E-state index contributed by atoms with van der Waals surface area (Å²) in [5, 5.41) is 8.55. The molecule has 8 heteroatoms. The Labute approximate surface area is 120 Å². The number of carbonyl (C=O) groups is 1. The van der Waals surface area contributed by atoms with Crippen molar-refractivity contribution in [3.8, 4) is 0 Å². The summed E-state index contributed by atoms with van der Waals surface area (Å²) < 4.78 is 28.2. The van der Waals surface area contributed by atoms with Crippen LogP contribution in [0.1, 0.15) is 12.0 Å². The molecule has 0 aromatic heterocycles. The van der Waals surface area contributed by atoms with E-state index in [9.17, 15) is 13.2 Å². The molecule has 0 amide bonds. The van der Waals surface area contributed by atoms with E-state index in [4.69, 9.17) is 5.11 Å². The summed E-state index contributed by atoms with van der Waals surface area (Å²) in [5.74, 6) is -1.04. The van der Waals surface area contributed by atoms with Crippen molar-refractivity contribution in [3.05, 3.63) is 28.2 Å². The standard InChI is InChI=1S/C11H15BrN2O4S/c1-8-7-9(12)3-4-10(8)13-19(17,18)14(2)6-5-11(15)16/h3-4,7,13H,5-6H2,1-2H3,(H,15,16). The highest BCUT2D eigenvalue weighted by Crippen LogP contribution is 2.21. The summed E-state index contributed by atoms with van der Waals surface area (Å²) in [6.45, 7) is 1.69. The quantitative estimate of drug-likeness (QED) is 0.819. The van der Waals surface area contributed by atoms with Crippen LogP contribution in [0.2, 0.25) is 0 Å². The van der Waals surface area contributed by atoms with E-state index in [1.807, 2.05) is 0 Å². The van der Waals surface area contributed by atoms with Gasteiger partial charge in [-0.05, 0) is 30.7 Å². The van der Waals surface area contributed by atoms with E-state index in [0.717, 1.165) is 14.3 Å². The first-order valence-corrected chi connectivity index (χ1v) is 7.67. The van der Waals surface area contributed by atoms with Crippen LogP contribution in [-0.2, 0) is 15.0 Å².